The quantitative estimate of drug-likeness (QED) is 0.565. The Morgan fingerprint density at radius 1 is 1.56 bits per heavy atom. The van der Waals surface area contributed by atoms with Crippen LogP contribution in [0.4, 0.5) is 21.6 Å². The van der Waals surface area contributed by atoms with E-state index in [4.69, 9.17) is 5.73 Å². The van der Waals surface area contributed by atoms with Crippen molar-refractivity contribution in [2.75, 3.05) is 11.1 Å². The van der Waals surface area contributed by atoms with Gasteiger partial charge in [0, 0.05) is 12.1 Å². The number of nitrogen functional groups attached to an aromatic ring is 1. The molecule has 7 nitrogen and oxygen atoms in total. The number of H-pyrrole nitrogens is 1. The molecule has 0 bridgehead atoms. The Morgan fingerprint density at radius 3 is 2.94 bits per heavy atom. The molecule has 0 aliphatic rings. The van der Waals surface area contributed by atoms with Crippen molar-refractivity contribution >= 4 is 17.2 Å². The Morgan fingerprint density at radius 2 is 2.33 bits per heavy atom. The molecule has 0 aliphatic heterocycles. The fourth-order valence-electron chi connectivity index (χ4n) is 1.50. The van der Waals surface area contributed by atoms with Gasteiger partial charge >= 0.3 is 5.69 Å². The van der Waals surface area contributed by atoms with Crippen molar-refractivity contribution in [2.45, 2.75) is 6.54 Å². The monoisotopic (exact) mass is 251 g/mol. The van der Waals surface area contributed by atoms with E-state index in [-0.39, 0.29) is 12.2 Å². The maximum absolute atomic E-state index is 13.3. The number of aromatic amines is 1. The van der Waals surface area contributed by atoms with E-state index >= 15 is 0 Å². The van der Waals surface area contributed by atoms with Gasteiger partial charge < -0.3 is 11.1 Å². The first-order valence-electron chi connectivity index (χ1n) is 5.04. The predicted molar refractivity (Wildman–Crippen MR) is 63.4 cm³/mol. The zero-order valence-corrected chi connectivity index (χ0v) is 9.18. The van der Waals surface area contributed by atoms with Crippen LogP contribution in [0.1, 0.15) is 5.56 Å². The second-order valence-electron chi connectivity index (χ2n) is 3.56. The Hall–Kier alpha value is -2.64. The zero-order valence-electron chi connectivity index (χ0n) is 9.18. The molecule has 8 heteroatoms. The summed E-state index contributed by atoms with van der Waals surface area (Å²) in [5.41, 5.74) is 5.73. The fourth-order valence-corrected chi connectivity index (χ4v) is 1.50. The van der Waals surface area contributed by atoms with Crippen LogP contribution in [0.3, 0.4) is 0 Å². The Balaban J connectivity index is 2.22. The highest BCUT2D eigenvalue weighted by atomic mass is 19.1. The Bertz CT molecular complexity index is 583. The molecule has 2 aromatic rings. The number of rotatable bonds is 4. The van der Waals surface area contributed by atoms with Crippen molar-refractivity contribution in [2.24, 2.45) is 0 Å². The molecule has 0 atom stereocenters. The lowest BCUT2D eigenvalue weighted by Crippen LogP contribution is -2.05. The lowest BCUT2D eigenvalue weighted by atomic mass is 10.2. The highest BCUT2D eigenvalue weighted by molar-refractivity contribution is 5.62. The van der Waals surface area contributed by atoms with Crippen LogP contribution in [0.2, 0.25) is 0 Å². The normalized spacial score (nSPS) is 10.3. The number of nitro benzene ring substituents is 1. The highest BCUT2D eigenvalue weighted by Gasteiger charge is 2.19. The molecule has 2 rings (SSSR count). The molecule has 18 heavy (non-hydrogen) atoms. The van der Waals surface area contributed by atoms with E-state index in [0.717, 1.165) is 6.07 Å². The molecule has 0 spiro atoms. The number of nitro groups is 1. The molecule has 0 radical (unpaired) electrons. The van der Waals surface area contributed by atoms with Gasteiger partial charge in [0.15, 0.2) is 0 Å². The van der Waals surface area contributed by atoms with Crippen molar-refractivity contribution < 1.29 is 9.31 Å². The molecule has 1 aromatic heterocycles. The lowest BCUT2D eigenvalue weighted by molar-refractivity contribution is -0.386. The van der Waals surface area contributed by atoms with Crippen molar-refractivity contribution in [3.05, 3.63) is 45.9 Å². The lowest BCUT2D eigenvalue weighted by Gasteiger charge is -2.06. The molecule has 0 saturated heterocycles. The number of hydrogen-bond donors (Lipinski definition) is 3. The minimum absolute atomic E-state index is 0.0978. The summed E-state index contributed by atoms with van der Waals surface area (Å²) in [5, 5.41) is 19.8. The number of hydrogen-bond acceptors (Lipinski definition) is 5. The van der Waals surface area contributed by atoms with Crippen molar-refractivity contribution in [3.63, 3.8) is 0 Å². The van der Waals surface area contributed by atoms with E-state index < -0.39 is 16.4 Å². The molecule has 0 unspecified atom stereocenters. The first-order valence-corrected chi connectivity index (χ1v) is 5.04. The van der Waals surface area contributed by atoms with Gasteiger partial charge in [-0.1, -0.05) is 6.07 Å². The van der Waals surface area contributed by atoms with E-state index in [1.807, 2.05) is 0 Å². The van der Waals surface area contributed by atoms with Gasteiger partial charge in [-0.15, -0.1) is 0 Å². The third-order valence-electron chi connectivity index (χ3n) is 2.39. The van der Waals surface area contributed by atoms with Gasteiger partial charge in [0.2, 0.25) is 5.82 Å². The van der Waals surface area contributed by atoms with Crippen LogP contribution in [-0.4, -0.2) is 15.1 Å². The van der Waals surface area contributed by atoms with Crippen LogP contribution in [0, 0.1) is 15.9 Å². The SMILES string of the molecule is Nc1[nH]ncc1CNc1cccc(F)c1[N+](=O)[O-]. The minimum atomic E-state index is -0.884. The first kappa shape index (κ1) is 11.8. The number of nitrogens with two attached hydrogens (primary N) is 1. The van der Waals surface area contributed by atoms with Crippen LogP contribution >= 0.6 is 0 Å². The molecule has 0 fully saturated rings. The van der Waals surface area contributed by atoms with Gasteiger partial charge in [-0.2, -0.15) is 9.49 Å². The summed E-state index contributed by atoms with van der Waals surface area (Å²) < 4.78 is 13.3. The summed E-state index contributed by atoms with van der Waals surface area (Å²) in [4.78, 5) is 9.99. The molecule has 0 aliphatic carbocycles. The van der Waals surface area contributed by atoms with E-state index in [0.29, 0.717) is 11.4 Å². The van der Waals surface area contributed by atoms with Gasteiger partial charge in [0.25, 0.3) is 0 Å². The van der Waals surface area contributed by atoms with Crippen LogP contribution < -0.4 is 11.1 Å². The third-order valence-corrected chi connectivity index (χ3v) is 2.39. The average Bonchev–Trinajstić information content (AvgIpc) is 2.71. The number of para-hydroxylation sites is 1. The van der Waals surface area contributed by atoms with E-state index in [9.17, 15) is 14.5 Å². The Kier molecular flexibility index (Phi) is 3.09. The maximum atomic E-state index is 13.3. The van der Waals surface area contributed by atoms with Crippen LogP contribution in [0.15, 0.2) is 24.4 Å². The number of benzene rings is 1. The van der Waals surface area contributed by atoms with E-state index in [1.165, 1.54) is 18.3 Å². The first-order chi connectivity index (χ1) is 8.59. The summed E-state index contributed by atoms with van der Waals surface area (Å²) >= 11 is 0. The second-order valence-corrected chi connectivity index (χ2v) is 3.56. The van der Waals surface area contributed by atoms with Crippen molar-refractivity contribution in [1.29, 1.82) is 0 Å². The second kappa shape index (κ2) is 4.70. The van der Waals surface area contributed by atoms with Crippen molar-refractivity contribution in [1.82, 2.24) is 10.2 Å². The summed E-state index contributed by atoms with van der Waals surface area (Å²) in [5.74, 6) is -0.522. The topological polar surface area (TPSA) is 110 Å². The summed E-state index contributed by atoms with van der Waals surface area (Å²) in [6.07, 6.45) is 1.49. The summed E-state index contributed by atoms with van der Waals surface area (Å²) in [6, 6.07) is 3.86. The fraction of sp³-hybridized carbons (Fsp3) is 0.100. The predicted octanol–water partition coefficient (Wildman–Crippen LogP) is 1.65. The smallest absolute Gasteiger partial charge is 0.327 e. The van der Waals surface area contributed by atoms with Gasteiger partial charge in [0.05, 0.1) is 11.1 Å². The highest BCUT2D eigenvalue weighted by Crippen LogP contribution is 2.27. The van der Waals surface area contributed by atoms with Crippen LogP contribution in [0.5, 0.6) is 0 Å². The molecular formula is C10H10FN5O2. The van der Waals surface area contributed by atoms with Gasteiger partial charge in [-0.3, -0.25) is 15.2 Å². The maximum Gasteiger partial charge on any atom is 0.327 e. The molecular weight excluding hydrogens is 241 g/mol. The molecule has 1 aromatic carbocycles. The van der Waals surface area contributed by atoms with Crippen molar-refractivity contribution in [3.8, 4) is 0 Å². The number of nitrogens with zero attached hydrogens (tertiary/aromatic N) is 2. The molecule has 1 heterocycles. The minimum Gasteiger partial charge on any atom is -0.384 e. The summed E-state index contributed by atoms with van der Waals surface area (Å²) in [7, 11) is 0. The number of anilines is 2. The molecule has 0 saturated carbocycles. The van der Waals surface area contributed by atoms with Gasteiger partial charge in [0.1, 0.15) is 11.5 Å². The summed E-state index contributed by atoms with van der Waals surface area (Å²) in [6.45, 7) is 0.215. The number of halogens is 1. The number of aromatic nitrogens is 2. The Labute approximate surface area is 101 Å². The van der Waals surface area contributed by atoms with Crippen LogP contribution in [-0.2, 0) is 6.54 Å². The van der Waals surface area contributed by atoms with E-state index in [1.54, 1.807) is 0 Å². The van der Waals surface area contributed by atoms with Crippen LogP contribution in [0.25, 0.3) is 0 Å². The van der Waals surface area contributed by atoms with Gasteiger partial charge in [-0.05, 0) is 12.1 Å². The number of nitrogens with one attached hydrogen (secondary N) is 2. The molecule has 94 valence electrons. The third kappa shape index (κ3) is 2.21. The van der Waals surface area contributed by atoms with Gasteiger partial charge in [-0.25, -0.2) is 0 Å². The molecule has 0 amide bonds. The molecule has 4 N–H and O–H groups in total. The van der Waals surface area contributed by atoms with E-state index in [2.05, 4.69) is 15.5 Å². The standard InChI is InChI=1S/C10H10FN5O2/c11-7-2-1-3-8(9(7)16(17)18)13-4-6-5-14-15-10(6)12/h1-3,5,13H,4H2,(H3,12,14,15). The largest absolute Gasteiger partial charge is 0.384 e. The zero-order chi connectivity index (χ0) is 13.1. The average molecular weight is 251 g/mol.